The number of para-hydroxylation sites is 1. The van der Waals surface area contributed by atoms with Crippen molar-refractivity contribution in [3.63, 3.8) is 0 Å². The number of amides is 1. The summed E-state index contributed by atoms with van der Waals surface area (Å²) in [5, 5.41) is 0.842. The molecule has 0 bridgehead atoms. The summed E-state index contributed by atoms with van der Waals surface area (Å²) in [5.74, 6) is -0.894. The first-order chi connectivity index (χ1) is 6.97. The van der Waals surface area contributed by atoms with Gasteiger partial charge < -0.3 is 15.1 Å². The average Bonchev–Trinajstić information content (AvgIpc) is 2.41. The maximum atomic E-state index is 11.3. The molecule has 0 saturated heterocycles. The molecule has 0 atom stereocenters. The van der Waals surface area contributed by atoms with E-state index in [4.69, 9.17) is 0 Å². The normalized spacial score (nSPS) is 13.0. The molecule has 1 aromatic rings. The summed E-state index contributed by atoms with van der Waals surface area (Å²) in [5.41, 5.74) is 0. The van der Waals surface area contributed by atoms with Crippen LogP contribution in [-0.2, 0) is 19.1 Å². The quantitative estimate of drug-likeness (QED) is 0.534. The van der Waals surface area contributed by atoms with Gasteiger partial charge in [0.1, 0.15) is 0 Å². The maximum absolute atomic E-state index is 11.3. The number of carbonyl (C=O) groups excluding carboxylic acids is 1. The number of fused-ring (bicyclic) bond motifs is 1. The largest absolute Gasteiger partial charge is 0.412 e. The zero-order chi connectivity index (χ0) is 11.1. The summed E-state index contributed by atoms with van der Waals surface area (Å²) < 4.78 is 26.4. The van der Waals surface area contributed by atoms with Crippen molar-refractivity contribution in [2.75, 3.05) is 6.26 Å². The van der Waals surface area contributed by atoms with Crippen molar-refractivity contribution in [3.8, 4) is 0 Å². The van der Waals surface area contributed by atoms with E-state index in [1.807, 2.05) is 0 Å². The lowest BCUT2D eigenvalue weighted by molar-refractivity contribution is -0.113. The monoisotopic (exact) mass is 261 g/mol. The number of benzene rings is 1. The highest BCUT2D eigenvalue weighted by atomic mass is 32.2. The average molecular weight is 261 g/mol. The Labute approximate surface area is 96.8 Å². The van der Waals surface area contributed by atoms with Gasteiger partial charge in [0.05, 0.1) is 16.8 Å². The SMILES string of the molecule is CS(=O)(=O)OC1=c2ccccc2=NC1=O.O.O. The Balaban J connectivity index is 0.00000128. The lowest BCUT2D eigenvalue weighted by atomic mass is 10.3. The van der Waals surface area contributed by atoms with Crippen LogP contribution in [-0.4, -0.2) is 31.5 Å². The second-order valence-corrected chi connectivity index (χ2v) is 4.63. The molecule has 0 unspecified atom stereocenters. The van der Waals surface area contributed by atoms with Crippen LogP contribution in [0.5, 0.6) is 0 Å². The van der Waals surface area contributed by atoms with Crippen LogP contribution >= 0.6 is 0 Å². The third-order valence-electron chi connectivity index (χ3n) is 1.80. The minimum absolute atomic E-state index is 0. The molecular weight excluding hydrogens is 250 g/mol. The van der Waals surface area contributed by atoms with Gasteiger partial charge in [-0.3, -0.25) is 4.79 Å². The van der Waals surface area contributed by atoms with Crippen LogP contribution in [0.4, 0.5) is 0 Å². The van der Waals surface area contributed by atoms with Crippen molar-refractivity contribution in [1.82, 2.24) is 0 Å². The molecule has 1 heterocycles. The number of hydrogen-bond donors (Lipinski definition) is 0. The van der Waals surface area contributed by atoms with Gasteiger partial charge in [-0.15, -0.1) is 0 Å². The van der Waals surface area contributed by atoms with Crippen molar-refractivity contribution >= 4 is 21.8 Å². The zero-order valence-corrected chi connectivity index (χ0v) is 9.61. The highest BCUT2D eigenvalue weighted by molar-refractivity contribution is 7.86. The van der Waals surface area contributed by atoms with Gasteiger partial charge in [0.25, 0.3) is 0 Å². The van der Waals surface area contributed by atoms with Gasteiger partial charge in [-0.1, -0.05) is 12.1 Å². The van der Waals surface area contributed by atoms with Gasteiger partial charge in [0.15, 0.2) is 0 Å². The standard InChI is InChI=1S/C9H7NO4S.2H2O/c1-15(12,13)14-8-6-4-2-3-5-7(6)10-9(8)11;;/h2-5H,1H3;2*1H2. The molecule has 94 valence electrons. The summed E-state index contributed by atoms with van der Waals surface area (Å²) in [6.07, 6.45) is 0.883. The first-order valence-corrected chi connectivity index (χ1v) is 5.91. The predicted octanol–water partition coefficient (Wildman–Crippen LogP) is -2.72. The molecule has 0 radical (unpaired) electrons. The highest BCUT2D eigenvalue weighted by Crippen LogP contribution is 2.05. The van der Waals surface area contributed by atoms with Crippen molar-refractivity contribution in [1.29, 1.82) is 0 Å². The van der Waals surface area contributed by atoms with Gasteiger partial charge in [0.2, 0.25) is 5.76 Å². The second-order valence-electron chi connectivity index (χ2n) is 3.05. The van der Waals surface area contributed by atoms with E-state index >= 15 is 0 Å². The number of nitrogens with zero attached hydrogens (tertiary/aromatic N) is 1. The van der Waals surface area contributed by atoms with Crippen LogP contribution in [0.2, 0.25) is 0 Å². The minimum atomic E-state index is -3.70. The molecule has 1 amide bonds. The zero-order valence-electron chi connectivity index (χ0n) is 8.80. The van der Waals surface area contributed by atoms with Crippen LogP contribution in [0, 0.1) is 0 Å². The molecule has 8 heteroatoms. The Morgan fingerprint density at radius 2 is 1.76 bits per heavy atom. The summed E-state index contributed by atoms with van der Waals surface area (Å²) in [4.78, 5) is 15.0. The van der Waals surface area contributed by atoms with Gasteiger partial charge in [-0.05, 0) is 12.1 Å². The van der Waals surface area contributed by atoms with Gasteiger partial charge in [-0.2, -0.15) is 8.42 Å². The number of hydrogen-bond acceptors (Lipinski definition) is 4. The molecule has 0 fully saturated rings. The minimum Gasteiger partial charge on any atom is -0.412 e. The Kier molecular flexibility index (Phi) is 4.52. The van der Waals surface area contributed by atoms with E-state index in [-0.39, 0.29) is 16.7 Å². The van der Waals surface area contributed by atoms with Crippen LogP contribution in [0.1, 0.15) is 0 Å². The molecule has 17 heavy (non-hydrogen) atoms. The van der Waals surface area contributed by atoms with Crippen molar-refractivity contribution < 1.29 is 28.3 Å². The van der Waals surface area contributed by atoms with Crippen LogP contribution in [0.25, 0.3) is 5.76 Å². The third-order valence-corrected chi connectivity index (χ3v) is 2.27. The molecule has 1 aromatic carbocycles. The Bertz CT molecular complexity index is 648. The molecule has 0 aromatic heterocycles. The van der Waals surface area contributed by atoms with Crippen molar-refractivity contribution in [2.45, 2.75) is 0 Å². The summed E-state index contributed by atoms with van der Waals surface area (Å²) >= 11 is 0. The molecule has 0 spiro atoms. The Hall–Kier alpha value is -1.77. The smallest absolute Gasteiger partial charge is 0.315 e. The van der Waals surface area contributed by atoms with Gasteiger partial charge >= 0.3 is 16.0 Å². The second kappa shape index (κ2) is 5.04. The highest BCUT2D eigenvalue weighted by Gasteiger charge is 2.21. The first-order valence-electron chi connectivity index (χ1n) is 4.09. The van der Waals surface area contributed by atoms with Crippen LogP contribution in [0.3, 0.4) is 0 Å². The van der Waals surface area contributed by atoms with E-state index in [0.717, 1.165) is 6.26 Å². The van der Waals surface area contributed by atoms with E-state index in [2.05, 4.69) is 9.18 Å². The summed E-state index contributed by atoms with van der Waals surface area (Å²) in [6.45, 7) is 0. The maximum Gasteiger partial charge on any atom is 0.315 e. The van der Waals surface area contributed by atoms with Gasteiger partial charge in [-0.25, -0.2) is 4.99 Å². The number of carbonyl (C=O) groups is 1. The molecule has 1 aliphatic rings. The molecule has 7 nitrogen and oxygen atoms in total. The molecule has 0 saturated carbocycles. The van der Waals surface area contributed by atoms with E-state index in [1.165, 1.54) is 0 Å². The third kappa shape index (κ3) is 3.09. The molecule has 0 aliphatic carbocycles. The lowest BCUT2D eigenvalue weighted by Gasteiger charge is -1.99. The van der Waals surface area contributed by atoms with E-state index < -0.39 is 16.0 Å². The van der Waals surface area contributed by atoms with Crippen LogP contribution in [0.15, 0.2) is 29.3 Å². The Morgan fingerprint density at radius 1 is 1.18 bits per heavy atom. The van der Waals surface area contributed by atoms with Crippen LogP contribution < -0.4 is 10.6 Å². The van der Waals surface area contributed by atoms with E-state index in [0.29, 0.717) is 10.6 Å². The lowest BCUT2D eigenvalue weighted by Crippen LogP contribution is -2.23. The van der Waals surface area contributed by atoms with Crippen molar-refractivity contribution in [3.05, 3.63) is 34.8 Å². The topological polar surface area (TPSA) is 136 Å². The first kappa shape index (κ1) is 15.2. The fourth-order valence-electron chi connectivity index (χ4n) is 1.27. The fraction of sp³-hybridized carbons (Fsp3) is 0.111. The molecule has 4 N–H and O–H groups in total. The van der Waals surface area contributed by atoms with Gasteiger partial charge in [0, 0.05) is 0 Å². The fourth-order valence-corrected chi connectivity index (χ4v) is 1.73. The molecule has 2 rings (SSSR count). The van der Waals surface area contributed by atoms with E-state index in [1.54, 1.807) is 24.3 Å². The summed E-state index contributed by atoms with van der Waals surface area (Å²) in [7, 11) is -3.70. The van der Waals surface area contributed by atoms with Crippen molar-refractivity contribution in [2.24, 2.45) is 4.99 Å². The number of rotatable bonds is 2. The van der Waals surface area contributed by atoms with E-state index in [9.17, 15) is 13.2 Å². The Morgan fingerprint density at radius 3 is 2.35 bits per heavy atom. The molecule has 1 aliphatic heterocycles. The predicted molar refractivity (Wildman–Crippen MR) is 58.8 cm³/mol. The summed E-state index contributed by atoms with van der Waals surface area (Å²) in [6, 6.07) is 6.59. The molecular formula is C9H11NO6S.